The standard InChI is InChI=1S/C16H26N2O/c1-18(14-15-7-3-2-4-8-15)11-6-10-17-13-16-9-5-12-19-16/h2-4,7-8,16-17H,5-6,9-14H2,1H3. The van der Waals surface area contributed by atoms with Crippen LogP contribution >= 0.6 is 0 Å². The molecule has 0 aliphatic carbocycles. The Labute approximate surface area is 116 Å². The van der Waals surface area contributed by atoms with Crippen LogP contribution in [0.4, 0.5) is 0 Å². The van der Waals surface area contributed by atoms with E-state index in [4.69, 9.17) is 4.74 Å². The first-order chi connectivity index (χ1) is 9.34. The molecular weight excluding hydrogens is 236 g/mol. The van der Waals surface area contributed by atoms with Gasteiger partial charge in [0.2, 0.25) is 0 Å². The van der Waals surface area contributed by atoms with Gasteiger partial charge < -0.3 is 15.0 Å². The minimum absolute atomic E-state index is 0.460. The third-order valence-corrected chi connectivity index (χ3v) is 3.58. The van der Waals surface area contributed by atoms with Gasteiger partial charge in [-0.3, -0.25) is 0 Å². The highest BCUT2D eigenvalue weighted by molar-refractivity contribution is 5.14. The Morgan fingerprint density at radius 3 is 2.89 bits per heavy atom. The molecule has 19 heavy (non-hydrogen) atoms. The summed E-state index contributed by atoms with van der Waals surface area (Å²) in [5, 5.41) is 3.49. The van der Waals surface area contributed by atoms with E-state index < -0.39 is 0 Å². The molecule has 0 aromatic heterocycles. The Bertz CT molecular complexity index is 336. The molecule has 1 aromatic carbocycles. The Balaban J connectivity index is 1.50. The molecule has 3 heteroatoms. The van der Waals surface area contributed by atoms with E-state index in [2.05, 4.69) is 47.6 Å². The zero-order valence-electron chi connectivity index (χ0n) is 12.0. The van der Waals surface area contributed by atoms with Crippen LogP contribution in [0, 0.1) is 0 Å². The van der Waals surface area contributed by atoms with Crippen LogP contribution in [0.5, 0.6) is 0 Å². The van der Waals surface area contributed by atoms with Gasteiger partial charge in [0, 0.05) is 19.7 Å². The molecule has 1 heterocycles. The molecule has 1 unspecified atom stereocenters. The second kappa shape index (κ2) is 8.31. The third-order valence-electron chi connectivity index (χ3n) is 3.58. The molecule has 2 rings (SSSR count). The van der Waals surface area contributed by atoms with E-state index in [-0.39, 0.29) is 0 Å². The number of benzene rings is 1. The second-order valence-electron chi connectivity index (χ2n) is 5.42. The van der Waals surface area contributed by atoms with Crippen LogP contribution < -0.4 is 5.32 Å². The SMILES string of the molecule is CN(CCCNCC1CCCO1)Cc1ccccc1. The van der Waals surface area contributed by atoms with E-state index in [9.17, 15) is 0 Å². The van der Waals surface area contributed by atoms with Gasteiger partial charge in [-0.2, -0.15) is 0 Å². The number of rotatable bonds is 8. The normalized spacial score (nSPS) is 19.2. The molecule has 1 aliphatic rings. The van der Waals surface area contributed by atoms with Crippen LogP contribution in [-0.4, -0.2) is 44.3 Å². The molecule has 0 amide bonds. The highest BCUT2D eigenvalue weighted by Crippen LogP contribution is 2.10. The topological polar surface area (TPSA) is 24.5 Å². The number of ether oxygens (including phenoxy) is 1. The molecule has 1 aromatic rings. The molecule has 1 atom stereocenters. The van der Waals surface area contributed by atoms with Crippen molar-refractivity contribution in [3.8, 4) is 0 Å². The second-order valence-corrected chi connectivity index (χ2v) is 5.42. The van der Waals surface area contributed by atoms with Crippen LogP contribution in [0.15, 0.2) is 30.3 Å². The van der Waals surface area contributed by atoms with Crippen molar-refractivity contribution in [1.29, 1.82) is 0 Å². The number of hydrogen-bond acceptors (Lipinski definition) is 3. The van der Waals surface area contributed by atoms with Crippen LogP contribution in [-0.2, 0) is 11.3 Å². The fourth-order valence-electron chi connectivity index (χ4n) is 2.52. The maximum Gasteiger partial charge on any atom is 0.0700 e. The highest BCUT2D eigenvalue weighted by Gasteiger charge is 2.14. The summed E-state index contributed by atoms with van der Waals surface area (Å²) < 4.78 is 5.59. The van der Waals surface area contributed by atoms with Crippen molar-refractivity contribution in [3.63, 3.8) is 0 Å². The van der Waals surface area contributed by atoms with Crippen molar-refractivity contribution in [2.75, 3.05) is 33.3 Å². The smallest absolute Gasteiger partial charge is 0.0700 e. The molecule has 1 N–H and O–H groups in total. The lowest BCUT2D eigenvalue weighted by molar-refractivity contribution is 0.110. The summed E-state index contributed by atoms with van der Waals surface area (Å²) in [6.07, 6.45) is 4.10. The van der Waals surface area contributed by atoms with Crippen molar-refractivity contribution in [1.82, 2.24) is 10.2 Å². The van der Waals surface area contributed by atoms with Crippen LogP contribution in [0.1, 0.15) is 24.8 Å². The molecule has 0 radical (unpaired) electrons. The average molecular weight is 262 g/mol. The molecule has 1 saturated heterocycles. The minimum Gasteiger partial charge on any atom is -0.377 e. The van der Waals surface area contributed by atoms with Gasteiger partial charge in [-0.15, -0.1) is 0 Å². The number of nitrogens with one attached hydrogen (secondary N) is 1. The van der Waals surface area contributed by atoms with Gasteiger partial charge in [0.15, 0.2) is 0 Å². The molecular formula is C16H26N2O. The lowest BCUT2D eigenvalue weighted by Crippen LogP contribution is -2.29. The summed E-state index contributed by atoms with van der Waals surface area (Å²) in [4.78, 5) is 2.38. The van der Waals surface area contributed by atoms with E-state index in [0.717, 1.165) is 32.8 Å². The first-order valence-corrected chi connectivity index (χ1v) is 7.39. The fourth-order valence-corrected chi connectivity index (χ4v) is 2.52. The number of hydrogen-bond donors (Lipinski definition) is 1. The lowest BCUT2D eigenvalue weighted by Gasteiger charge is -2.17. The predicted molar refractivity (Wildman–Crippen MR) is 79.2 cm³/mol. The Morgan fingerprint density at radius 1 is 1.32 bits per heavy atom. The van der Waals surface area contributed by atoms with Crippen molar-refractivity contribution in [3.05, 3.63) is 35.9 Å². The minimum atomic E-state index is 0.460. The largest absolute Gasteiger partial charge is 0.377 e. The first-order valence-electron chi connectivity index (χ1n) is 7.39. The highest BCUT2D eigenvalue weighted by atomic mass is 16.5. The van der Waals surface area contributed by atoms with E-state index >= 15 is 0 Å². The number of nitrogens with zero attached hydrogens (tertiary/aromatic N) is 1. The van der Waals surface area contributed by atoms with Gasteiger partial charge in [-0.1, -0.05) is 30.3 Å². The van der Waals surface area contributed by atoms with Gasteiger partial charge >= 0.3 is 0 Å². The van der Waals surface area contributed by atoms with Gasteiger partial charge in [-0.25, -0.2) is 0 Å². The summed E-state index contributed by atoms with van der Waals surface area (Å²) in [5.41, 5.74) is 1.39. The molecule has 0 bridgehead atoms. The van der Waals surface area contributed by atoms with Crippen molar-refractivity contribution in [2.24, 2.45) is 0 Å². The molecule has 1 fully saturated rings. The van der Waals surface area contributed by atoms with Gasteiger partial charge in [0.25, 0.3) is 0 Å². The van der Waals surface area contributed by atoms with E-state index in [1.807, 2.05) is 0 Å². The zero-order chi connectivity index (χ0) is 13.3. The van der Waals surface area contributed by atoms with E-state index in [1.165, 1.54) is 24.8 Å². The van der Waals surface area contributed by atoms with Crippen LogP contribution in [0.3, 0.4) is 0 Å². The van der Waals surface area contributed by atoms with Crippen molar-refractivity contribution < 1.29 is 4.74 Å². The average Bonchev–Trinajstić information content (AvgIpc) is 2.92. The molecule has 0 saturated carbocycles. The first kappa shape index (κ1) is 14.5. The lowest BCUT2D eigenvalue weighted by atomic mass is 10.2. The monoisotopic (exact) mass is 262 g/mol. The van der Waals surface area contributed by atoms with Crippen LogP contribution in [0.25, 0.3) is 0 Å². The summed E-state index contributed by atoms with van der Waals surface area (Å²) in [6, 6.07) is 10.6. The summed E-state index contributed by atoms with van der Waals surface area (Å²) in [6.45, 7) is 5.22. The fraction of sp³-hybridized carbons (Fsp3) is 0.625. The quantitative estimate of drug-likeness (QED) is 0.727. The molecule has 1 aliphatic heterocycles. The van der Waals surface area contributed by atoms with Gasteiger partial charge in [-0.05, 0) is 45.0 Å². The van der Waals surface area contributed by atoms with E-state index in [1.54, 1.807) is 0 Å². The summed E-state index contributed by atoms with van der Waals surface area (Å²) in [7, 11) is 2.19. The molecule has 3 nitrogen and oxygen atoms in total. The Hall–Kier alpha value is -0.900. The van der Waals surface area contributed by atoms with Gasteiger partial charge in [0.05, 0.1) is 6.10 Å². The molecule has 0 spiro atoms. The predicted octanol–water partition coefficient (Wildman–Crippen LogP) is 2.28. The maximum atomic E-state index is 5.59. The van der Waals surface area contributed by atoms with E-state index in [0.29, 0.717) is 6.10 Å². The van der Waals surface area contributed by atoms with Crippen molar-refractivity contribution in [2.45, 2.75) is 31.9 Å². The molecule has 106 valence electrons. The van der Waals surface area contributed by atoms with Gasteiger partial charge in [0.1, 0.15) is 0 Å². The van der Waals surface area contributed by atoms with Crippen LogP contribution in [0.2, 0.25) is 0 Å². The third kappa shape index (κ3) is 5.72. The zero-order valence-corrected chi connectivity index (χ0v) is 12.0. The summed E-state index contributed by atoms with van der Waals surface area (Å²) >= 11 is 0. The Kier molecular flexibility index (Phi) is 6.34. The Morgan fingerprint density at radius 2 is 2.16 bits per heavy atom. The summed E-state index contributed by atoms with van der Waals surface area (Å²) in [5.74, 6) is 0. The maximum absolute atomic E-state index is 5.59. The van der Waals surface area contributed by atoms with Crippen molar-refractivity contribution >= 4 is 0 Å².